The lowest BCUT2D eigenvalue weighted by Crippen LogP contribution is -2.47. The van der Waals surface area contributed by atoms with Crippen LogP contribution in [-0.2, 0) is 14.4 Å². The molecule has 5 heteroatoms. The minimum atomic E-state index is -0.551. The molecule has 86 valence electrons. The van der Waals surface area contributed by atoms with E-state index < -0.39 is 6.04 Å². The lowest BCUT2D eigenvalue weighted by Gasteiger charge is -2.28. The zero-order valence-corrected chi connectivity index (χ0v) is 9.69. The highest BCUT2D eigenvalue weighted by atomic mass is 16.7. The van der Waals surface area contributed by atoms with Crippen LogP contribution in [0.1, 0.15) is 13.8 Å². The number of carbonyl (C=O) groups excluding carboxylic acids is 2. The van der Waals surface area contributed by atoms with E-state index in [2.05, 4.69) is 6.58 Å². The van der Waals surface area contributed by atoms with Gasteiger partial charge in [0.2, 0.25) is 5.91 Å². The van der Waals surface area contributed by atoms with Crippen LogP contribution in [0.3, 0.4) is 0 Å². The molecule has 0 saturated heterocycles. The number of hydrogen-bond donors (Lipinski definition) is 0. The van der Waals surface area contributed by atoms with Crippen molar-refractivity contribution >= 4 is 11.8 Å². The van der Waals surface area contributed by atoms with Crippen LogP contribution in [0.5, 0.6) is 0 Å². The summed E-state index contributed by atoms with van der Waals surface area (Å²) in [6, 6.07) is -0.551. The van der Waals surface area contributed by atoms with Gasteiger partial charge in [0.1, 0.15) is 6.04 Å². The van der Waals surface area contributed by atoms with Gasteiger partial charge in [-0.15, -0.1) is 6.58 Å². The number of amides is 2. The normalized spacial score (nSPS) is 11.7. The molecule has 0 aromatic heterocycles. The molecule has 15 heavy (non-hydrogen) atoms. The van der Waals surface area contributed by atoms with Gasteiger partial charge in [-0.1, -0.05) is 6.08 Å². The van der Waals surface area contributed by atoms with Gasteiger partial charge in [-0.2, -0.15) is 0 Å². The van der Waals surface area contributed by atoms with Crippen molar-refractivity contribution in [3.8, 4) is 0 Å². The van der Waals surface area contributed by atoms with Gasteiger partial charge in [0.15, 0.2) is 0 Å². The Morgan fingerprint density at radius 2 is 2.07 bits per heavy atom. The smallest absolute Gasteiger partial charge is 0.268 e. The van der Waals surface area contributed by atoms with Crippen molar-refractivity contribution in [2.24, 2.45) is 0 Å². The third-order valence-electron chi connectivity index (χ3n) is 2.14. The van der Waals surface area contributed by atoms with Crippen LogP contribution in [0.4, 0.5) is 0 Å². The molecular weight excluding hydrogens is 196 g/mol. The van der Waals surface area contributed by atoms with Gasteiger partial charge in [0, 0.05) is 20.5 Å². The first-order valence-electron chi connectivity index (χ1n) is 4.65. The van der Waals surface area contributed by atoms with Crippen molar-refractivity contribution in [3.05, 3.63) is 12.7 Å². The Morgan fingerprint density at radius 3 is 2.40 bits per heavy atom. The summed E-state index contributed by atoms with van der Waals surface area (Å²) in [6.07, 6.45) is 1.58. The van der Waals surface area contributed by atoms with E-state index in [1.54, 1.807) is 13.0 Å². The average molecular weight is 214 g/mol. The minimum Gasteiger partial charge on any atom is -0.327 e. The topological polar surface area (TPSA) is 49.9 Å². The summed E-state index contributed by atoms with van der Waals surface area (Å²) in [5, 5.41) is 1.10. The minimum absolute atomic E-state index is 0.166. The molecule has 0 fully saturated rings. The molecule has 0 aliphatic heterocycles. The highest BCUT2D eigenvalue weighted by Crippen LogP contribution is 2.03. The molecule has 0 aromatic rings. The Labute approximate surface area is 90.2 Å². The van der Waals surface area contributed by atoms with Crippen molar-refractivity contribution < 1.29 is 14.4 Å². The summed E-state index contributed by atoms with van der Waals surface area (Å²) in [7, 11) is 2.90. The molecule has 0 aromatic carbocycles. The van der Waals surface area contributed by atoms with Gasteiger partial charge in [-0.05, 0) is 6.92 Å². The van der Waals surface area contributed by atoms with Crippen LogP contribution in [0.15, 0.2) is 12.7 Å². The number of hydroxylamine groups is 2. The fourth-order valence-corrected chi connectivity index (χ4v) is 1.18. The largest absolute Gasteiger partial charge is 0.327 e. The molecule has 0 bridgehead atoms. The van der Waals surface area contributed by atoms with Crippen LogP contribution >= 0.6 is 0 Å². The predicted octanol–water partition coefficient (Wildman–Crippen LogP) is 0.429. The third kappa shape index (κ3) is 3.71. The lowest BCUT2D eigenvalue weighted by molar-refractivity contribution is -0.175. The van der Waals surface area contributed by atoms with Crippen LogP contribution in [-0.4, -0.2) is 48.5 Å². The second-order valence-corrected chi connectivity index (χ2v) is 3.15. The molecule has 5 nitrogen and oxygen atoms in total. The lowest BCUT2D eigenvalue weighted by atomic mass is 10.2. The molecule has 0 radical (unpaired) electrons. The molecule has 0 aliphatic rings. The monoisotopic (exact) mass is 214 g/mol. The highest BCUT2D eigenvalue weighted by molar-refractivity contribution is 5.85. The third-order valence-corrected chi connectivity index (χ3v) is 2.14. The first-order valence-corrected chi connectivity index (χ1v) is 4.65. The van der Waals surface area contributed by atoms with E-state index in [0.29, 0.717) is 6.54 Å². The number of nitrogens with zero attached hydrogens (tertiary/aromatic N) is 2. The summed E-state index contributed by atoms with van der Waals surface area (Å²) in [4.78, 5) is 29.1. The molecule has 1 unspecified atom stereocenters. The Morgan fingerprint density at radius 1 is 1.53 bits per heavy atom. The van der Waals surface area contributed by atoms with E-state index in [4.69, 9.17) is 4.84 Å². The average Bonchev–Trinajstić information content (AvgIpc) is 2.22. The summed E-state index contributed by atoms with van der Waals surface area (Å²) in [6.45, 7) is 6.96. The molecule has 0 spiro atoms. The molecule has 2 amide bonds. The quantitative estimate of drug-likeness (QED) is 0.492. The summed E-state index contributed by atoms with van der Waals surface area (Å²) >= 11 is 0. The summed E-state index contributed by atoms with van der Waals surface area (Å²) in [5.74, 6) is -0.435. The van der Waals surface area contributed by atoms with Gasteiger partial charge in [-0.25, -0.2) is 5.06 Å². The van der Waals surface area contributed by atoms with Crippen molar-refractivity contribution in [1.82, 2.24) is 9.96 Å². The molecule has 0 N–H and O–H groups in total. The van der Waals surface area contributed by atoms with E-state index >= 15 is 0 Å². The fraction of sp³-hybridized carbons (Fsp3) is 0.600. The van der Waals surface area contributed by atoms with E-state index in [-0.39, 0.29) is 11.8 Å². The molecular formula is C10H18N2O3. The molecule has 0 aliphatic carbocycles. The number of hydrogen-bond acceptors (Lipinski definition) is 3. The number of rotatable bonds is 5. The molecule has 1 atom stereocenters. The van der Waals surface area contributed by atoms with Gasteiger partial charge < -0.3 is 4.90 Å². The zero-order chi connectivity index (χ0) is 12.0. The maximum atomic E-state index is 11.7. The number of carbonyl (C=O) groups is 2. The second kappa shape index (κ2) is 6.19. The van der Waals surface area contributed by atoms with Crippen LogP contribution in [0, 0.1) is 0 Å². The first kappa shape index (κ1) is 13.6. The maximum Gasteiger partial charge on any atom is 0.268 e. The van der Waals surface area contributed by atoms with E-state index in [0.717, 1.165) is 5.06 Å². The highest BCUT2D eigenvalue weighted by Gasteiger charge is 2.25. The first-order chi connectivity index (χ1) is 6.95. The molecule has 0 rings (SSSR count). The Balaban J connectivity index is 4.62. The van der Waals surface area contributed by atoms with E-state index in [1.165, 1.54) is 26.0 Å². The second-order valence-electron chi connectivity index (χ2n) is 3.15. The number of likely N-dealkylation sites (N-methyl/N-ethyl adjacent to an activating group) is 1. The Bertz CT molecular complexity index is 253. The zero-order valence-electron chi connectivity index (χ0n) is 9.69. The fourth-order valence-electron chi connectivity index (χ4n) is 1.18. The van der Waals surface area contributed by atoms with Crippen molar-refractivity contribution in [2.75, 3.05) is 20.7 Å². The summed E-state index contributed by atoms with van der Waals surface area (Å²) < 4.78 is 0. The van der Waals surface area contributed by atoms with Crippen molar-refractivity contribution in [2.45, 2.75) is 19.9 Å². The Hall–Kier alpha value is -1.36. The maximum absolute atomic E-state index is 11.7. The van der Waals surface area contributed by atoms with E-state index in [1.807, 2.05) is 0 Å². The Kier molecular flexibility index (Phi) is 5.62. The SMILES string of the molecule is C=CCN(C(C)=O)C(C)C(=O)N(C)OC. The van der Waals surface area contributed by atoms with Crippen LogP contribution in [0.25, 0.3) is 0 Å². The van der Waals surface area contributed by atoms with Gasteiger partial charge >= 0.3 is 0 Å². The van der Waals surface area contributed by atoms with Crippen LogP contribution < -0.4 is 0 Å². The summed E-state index contributed by atoms with van der Waals surface area (Å²) in [5.41, 5.74) is 0. The standard InChI is InChI=1S/C10H18N2O3/c1-6-7-12(9(3)13)8(2)10(14)11(4)15-5/h6,8H,1,7H2,2-5H3. The predicted molar refractivity (Wildman–Crippen MR) is 56.8 cm³/mol. The van der Waals surface area contributed by atoms with E-state index in [9.17, 15) is 9.59 Å². The van der Waals surface area contributed by atoms with Crippen molar-refractivity contribution in [1.29, 1.82) is 0 Å². The molecule has 0 heterocycles. The van der Waals surface area contributed by atoms with Gasteiger partial charge in [-0.3, -0.25) is 14.4 Å². The molecule has 0 saturated carbocycles. The van der Waals surface area contributed by atoms with Gasteiger partial charge in [0.25, 0.3) is 5.91 Å². The van der Waals surface area contributed by atoms with Crippen molar-refractivity contribution in [3.63, 3.8) is 0 Å². The van der Waals surface area contributed by atoms with Gasteiger partial charge in [0.05, 0.1) is 7.11 Å². The van der Waals surface area contributed by atoms with Crippen LogP contribution in [0.2, 0.25) is 0 Å².